The summed E-state index contributed by atoms with van der Waals surface area (Å²) in [6.07, 6.45) is -3.35. The van der Waals surface area contributed by atoms with Crippen LogP contribution < -0.4 is 4.74 Å². The van der Waals surface area contributed by atoms with Gasteiger partial charge in [0.05, 0.1) is 0 Å². The lowest BCUT2D eigenvalue weighted by Gasteiger charge is -2.08. The monoisotopic (exact) mass is 273 g/mol. The molecule has 78 valence electrons. The topological polar surface area (TPSA) is 22.1 Å². The van der Waals surface area contributed by atoms with Crippen LogP contribution in [-0.2, 0) is 0 Å². The predicted molar refractivity (Wildman–Crippen MR) is 43.4 cm³/mol. The van der Waals surface area contributed by atoms with Crippen molar-refractivity contribution in [3.05, 3.63) is 22.6 Å². The minimum Gasteiger partial charge on any atom is -0.466 e. The van der Waals surface area contributed by atoms with E-state index in [1.807, 2.05) is 0 Å². The van der Waals surface area contributed by atoms with Crippen molar-refractivity contribution in [2.24, 2.45) is 0 Å². The van der Waals surface area contributed by atoms with Crippen molar-refractivity contribution in [1.29, 1.82) is 0 Å². The Morgan fingerprint density at radius 1 is 1.43 bits per heavy atom. The van der Waals surface area contributed by atoms with Gasteiger partial charge in [-0.15, -0.1) is 0 Å². The smallest absolute Gasteiger partial charge is 0.422 e. The van der Waals surface area contributed by atoms with Crippen molar-refractivity contribution in [1.82, 2.24) is 4.98 Å². The van der Waals surface area contributed by atoms with Gasteiger partial charge in [0.1, 0.15) is 0 Å². The molecule has 1 rings (SSSR count). The van der Waals surface area contributed by atoms with E-state index in [1.165, 1.54) is 0 Å². The maximum Gasteiger partial charge on any atom is 0.422 e. The summed E-state index contributed by atoms with van der Waals surface area (Å²) >= 11 is 2.91. The molecule has 0 amide bonds. The van der Waals surface area contributed by atoms with Crippen LogP contribution in [0.2, 0.25) is 0 Å². The van der Waals surface area contributed by atoms with Gasteiger partial charge in [-0.3, -0.25) is 0 Å². The van der Waals surface area contributed by atoms with E-state index in [9.17, 15) is 17.6 Å². The lowest BCUT2D eigenvalue weighted by atomic mass is 10.5. The summed E-state index contributed by atoms with van der Waals surface area (Å²) < 4.78 is 52.3. The first kappa shape index (κ1) is 11.2. The fourth-order valence-corrected chi connectivity index (χ4v) is 0.962. The van der Waals surface area contributed by atoms with Gasteiger partial charge in [0.2, 0.25) is 0 Å². The first-order valence-corrected chi connectivity index (χ1v) is 4.18. The van der Waals surface area contributed by atoms with Crippen LogP contribution >= 0.6 is 15.9 Å². The van der Waals surface area contributed by atoms with Crippen molar-refractivity contribution in [3.63, 3.8) is 0 Å². The Balaban J connectivity index is 2.68. The zero-order valence-corrected chi connectivity index (χ0v) is 8.19. The molecule has 14 heavy (non-hydrogen) atoms. The minimum atomic E-state index is -4.50. The molecule has 0 radical (unpaired) electrons. The number of hydrogen-bond donors (Lipinski definition) is 0. The van der Waals surface area contributed by atoms with Gasteiger partial charge in [-0.1, -0.05) is 0 Å². The molecule has 0 N–H and O–H groups in total. The summed E-state index contributed by atoms with van der Waals surface area (Å²) in [5.41, 5.74) is 0. The normalized spacial score (nSPS) is 11.5. The molecule has 1 aromatic rings. The first-order valence-electron chi connectivity index (χ1n) is 3.39. The van der Waals surface area contributed by atoms with E-state index in [0.717, 1.165) is 12.3 Å². The molecule has 0 aliphatic rings. The highest BCUT2D eigenvalue weighted by Gasteiger charge is 2.29. The lowest BCUT2D eigenvalue weighted by molar-refractivity contribution is -0.154. The van der Waals surface area contributed by atoms with Gasteiger partial charge in [0, 0.05) is 10.7 Å². The van der Waals surface area contributed by atoms with Crippen molar-refractivity contribution < 1.29 is 22.3 Å². The molecule has 0 unspecified atom stereocenters. The molecular weight excluding hydrogens is 270 g/mol. The van der Waals surface area contributed by atoms with Gasteiger partial charge in [-0.05, 0) is 22.0 Å². The summed E-state index contributed by atoms with van der Waals surface area (Å²) in [6.45, 7) is -1.56. The molecule has 0 fully saturated rings. The molecular formula is C7H4BrF4NO. The Hall–Kier alpha value is -0.850. The molecule has 0 bridgehead atoms. The van der Waals surface area contributed by atoms with Gasteiger partial charge in [0.25, 0.3) is 5.88 Å². The largest absolute Gasteiger partial charge is 0.466 e. The maximum atomic E-state index is 12.8. The van der Waals surface area contributed by atoms with Crippen molar-refractivity contribution >= 4 is 15.9 Å². The summed E-state index contributed by atoms with van der Waals surface area (Å²) in [5, 5.41) is 0. The molecule has 0 saturated heterocycles. The first-order chi connectivity index (χ1) is 6.38. The van der Waals surface area contributed by atoms with E-state index in [1.54, 1.807) is 0 Å². The Labute approximate surface area is 85.0 Å². The van der Waals surface area contributed by atoms with E-state index in [0.29, 0.717) is 4.47 Å². The van der Waals surface area contributed by atoms with Crippen LogP contribution in [0.4, 0.5) is 17.6 Å². The highest BCUT2D eigenvalue weighted by atomic mass is 79.9. The SMILES string of the molecule is Fc1cc(Br)cnc1OCC(F)(F)F. The molecule has 1 aromatic heterocycles. The zero-order valence-electron chi connectivity index (χ0n) is 6.61. The molecule has 0 aromatic carbocycles. The van der Waals surface area contributed by atoms with Gasteiger partial charge in [-0.2, -0.15) is 13.2 Å². The average molecular weight is 274 g/mol. The van der Waals surface area contributed by atoms with Gasteiger partial charge < -0.3 is 4.74 Å². The summed E-state index contributed by atoms with van der Waals surface area (Å²) in [7, 11) is 0. The number of hydrogen-bond acceptors (Lipinski definition) is 2. The van der Waals surface area contributed by atoms with Crippen LogP contribution in [0.1, 0.15) is 0 Å². The second kappa shape index (κ2) is 4.12. The molecule has 2 nitrogen and oxygen atoms in total. The van der Waals surface area contributed by atoms with Crippen LogP contribution in [0.3, 0.4) is 0 Å². The van der Waals surface area contributed by atoms with Crippen LogP contribution in [0.5, 0.6) is 5.88 Å². The minimum absolute atomic E-state index is 0.328. The van der Waals surface area contributed by atoms with Gasteiger partial charge in [-0.25, -0.2) is 9.37 Å². The Bertz CT molecular complexity index is 328. The third-order valence-electron chi connectivity index (χ3n) is 1.15. The van der Waals surface area contributed by atoms with E-state index >= 15 is 0 Å². The van der Waals surface area contributed by atoms with Crippen molar-refractivity contribution in [2.45, 2.75) is 6.18 Å². The van der Waals surface area contributed by atoms with Gasteiger partial charge in [0.15, 0.2) is 12.4 Å². The summed E-state index contributed by atoms with van der Waals surface area (Å²) in [5.74, 6) is -1.60. The van der Waals surface area contributed by atoms with E-state index in [-0.39, 0.29) is 0 Å². The third kappa shape index (κ3) is 3.49. The number of aromatic nitrogens is 1. The summed E-state index contributed by atoms with van der Waals surface area (Å²) in [6, 6.07) is 0.971. The third-order valence-corrected chi connectivity index (χ3v) is 1.58. The molecule has 0 aliphatic carbocycles. The molecule has 0 atom stereocenters. The van der Waals surface area contributed by atoms with E-state index < -0.39 is 24.5 Å². The zero-order chi connectivity index (χ0) is 10.8. The average Bonchev–Trinajstić information content (AvgIpc) is 2.00. The molecule has 0 spiro atoms. The summed E-state index contributed by atoms with van der Waals surface area (Å²) in [4.78, 5) is 3.34. The second-order valence-electron chi connectivity index (χ2n) is 2.34. The van der Waals surface area contributed by atoms with Gasteiger partial charge >= 0.3 is 6.18 Å². The highest BCUT2D eigenvalue weighted by molar-refractivity contribution is 9.10. The number of rotatable bonds is 2. The van der Waals surface area contributed by atoms with Crippen LogP contribution in [0.15, 0.2) is 16.7 Å². The number of alkyl halides is 3. The second-order valence-corrected chi connectivity index (χ2v) is 3.26. The van der Waals surface area contributed by atoms with Crippen LogP contribution in [0, 0.1) is 5.82 Å². The Morgan fingerprint density at radius 2 is 2.07 bits per heavy atom. The number of halogens is 5. The highest BCUT2D eigenvalue weighted by Crippen LogP contribution is 2.21. The van der Waals surface area contributed by atoms with Crippen molar-refractivity contribution in [2.75, 3.05) is 6.61 Å². The van der Waals surface area contributed by atoms with E-state index in [4.69, 9.17) is 0 Å². The lowest BCUT2D eigenvalue weighted by Crippen LogP contribution is -2.20. The number of pyridine rings is 1. The quantitative estimate of drug-likeness (QED) is 0.773. The van der Waals surface area contributed by atoms with Crippen LogP contribution in [0.25, 0.3) is 0 Å². The Morgan fingerprint density at radius 3 is 2.57 bits per heavy atom. The standard InChI is InChI=1S/C7H4BrF4NO/c8-4-1-5(9)6(13-2-4)14-3-7(10,11)12/h1-2H,3H2. The fourth-order valence-electron chi connectivity index (χ4n) is 0.658. The number of nitrogens with zero attached hydrogens (tertiary/aromatic N) is 1. The van der Waals surface area contributed by atoms with E-state index in [2.05, 4.69) is 25.7 Å². The predicted octanol–water partition coefficient (Wildman–Crippen LogP) is 2.92. The fraction of sp³-hybridized carbons (Fsp3) is 0.286. The molecule has 0 aliphatic heterocycles. The molecule has 0 saturated carbocycles. The number of ether oxygens (including phenoxy) is 1. The Kier molecular flexibility index (Phi) is 3.30. The molecule has 1 heterocycles. The maximum absolute atomic E-state index is 12.8. The molecule has 7 heteroatoms. The van der Waals surface area contributed by atoms with Crippen molar-refractivity contribution in [3.8, 4) is 5.88 Å². The van der Waals surface area contributed by atoms with Crippen LogP contribution in [-0.4, -0.2) is 17.8 Å².